The van der Waals surface area contributed by atoms with Crippen molar-refractivity contribution in [2.75, 3.05) is 0 Å². The van der Waals surface area contributed by atoms with Crippen molar-refractivity contribution in [2.24, 2.45) is 5.73 Å². The first-order valence-electron chi connectivity index (χ1n) is 7.28. The topological polar surface area (TPSA) is 46.2 Å². The van der Waals surface area contributed by atoms with Crippen LogP contribution in [0, 0.1) is 5.82 Å². The quantitative estimate of drug-likeness (QED) is 0.878. The van der Waals surface area contributed by atoms with E-state index < -0.39 is 0 Å². The number of rotatable bonds is 4. The number of hydrogen-bond acceptors (Lipinski definition) is 2. The van der Waals surface area contributed by atoms with Crippen molar-refractivity contribution in [1.29, 1.82) is 0 Å². The molecule has 2 rings (SSSR count). The first-order chi connectivity index (χ1) is 9.08. The molecule has 1 aliphatic rings. The average Bonchev–Trinajstić information content (AvgIpc) is 2.41. The minimum absolute atomic E-state index is 0.0791. The molecule has 1 saturated carbocycles. The van der Waals surface area contributed by atoms with Gasteiger partial charge in [-0.3, -0.25) is 0 Å². The molecule has 0 bridgehead atoms. The maximum Gasteiger partial charge on any atom is 0.123 e. The maximum absolute atomic E-state index is 13.1. The molecule has 0 radical (unpaired) electrons. The van der Waals surface area contributed by atoms with E-state index in [9.17, 15) is 9.50 Å². The molecule has 3 N–H and O–H groups in total. The number of hydrogen-bond donors (Lipinski definition) is 2. The molecular weight excluding hydrogens is 241 g/mol. The van der Waals surface area contributed by atoms with Crippen molar-refractivity contribution in [1.82, 2.24) is 0 Å². The molecule has 1 fully saturated rings. The Morgan fingerprint density at radius 2 is 1.89 bits per heavy atom. The number of benzene rings is 1. The minimum atomic E-state index is -0.209. The van der Waals surface area contributed by atoms with Gasteiger partial charge in [-0.15, -0.1) is 0 Å². The lowest BCUT2D eigenvalue weighted by Crippen LogP contribution is -2.48. The molecular formula is C16H24FNO. The zero-order valence-electron chi connectivity index (χ0n) is 11.6. The first kappa shape index (κ1) is 14.5. The van der Waals surface area contributed by atoms with E-state index in [1.807, 2.05) is 12.1 Å². The van der Waals surface area contributed by atoms with Crippen LogP contribution in [0.2, 0.25) is 0 Å². The number of aliphatic hydroxyl groups is 1. The van der Waals surface area contributed by atoms with Crippen LogP contribution in [0.3, 0.4) is 0 Å². The summed E-state index contributed by atoms with van der Waals surface area (Å²) in [7, 11) is 0. The van der Waals surface area contributed by atoms with Crippen molar-refractivity contribution in [3.63, 3.8) is 0 Å². The Morgan fingerprint density at radius 3 is 2.42 bits per heavy atom. The first-order valence-corrected chi connectivity index (χ1v) is 7.28. The van der Waals surface area contributed by atoms with Gasteiger partial charge in [0.05, 0.1) is 6.10 Å². The molecule has 0 aliphatic heterocycles. The summed E-state index contributed by atoms with van der Waals surface area (Å²) in [5.41, 5.74) is 7.47. The van der Waals surface area contributed by atoms with Gasteiger partial charge in [-0.25, -0.2) is 4.39 Å². The van der Waals surface area contributed by atoms with Gasteiger partial charge in [0.25, 0.3) is 0 Å². The van der Waals surface area contributed by atoms with Gasteiger partial charge in [-0.2, -0.15) is 0 Å². The molecule has 1 aromatic rings. The summed E-state index contributed by atoms with van der Waals surface area (Å²) < 4.78 is 13.1. The van der Waals surface area contributed by atoms with E-state index in [1.54, 1.807) is 0 Å². The van der Waals surface area contributed by atoms with Gasteiger partial charge in [0.1, 0.15) is 5.82 Å². The summed E-state index contributed by atoms with van der Waals surface area (Å²) in [5, 5.41) is 9.74. The van der Waals surface area contributed by atoms with Gasteiger partial charge in [0.15, 0.2) is 0 Å². The zero-order valence-corrected chi connectivity index (χ0v) is 11.6. The Labute approximate surface area is 114 Å². The Hall–Kier alpha value is -0.930. The van der Waals surface area contributed by atoms with Gasteiger partial charge in [-0.05, 0) is 49.8 Å². The molecule has 0 spiro atoms. The molecule has 1 aliphatic carbocycles. The van der Waals surface area contributed by atoms with Crippen molar-refractivity contribution in [3.05, 3.63) is 35.6 Å². The second kappa shape index (κ2) is 6.02. The molecule has 1 aromatic carbocycles. The van der Waals surface area contributed by atoms with Gasteiger partial charge >= 0.3 is 0 Å². The molecule has 3 heteroatoms. The Morgan fingerprint density at radius 1 is 1.32 bits per heavy atom. The Kier molecular flexibility index (Phi) is 4.58. The van der Waals surface area contributed by atoms with Gasteiger partial charge in [0, 0.05) is 11.5 Å². The predicted molar refractivity (Wildman–Crippen MR) is 75.4 cm³/mol. The lowest BCUT2D eigenvalue weighted by molar-refractivity contribution is 0.0840. The maximum atomic E-state index is 13.1. The fraction of sp³-hybridized carbons (Fsp3) is 0.625. The smallest absolute Gasteiger partial charge is 0.123 e. The van der Waals surface area contributed by atoms with E-state index in [2.05, 4.69) is 6.92 Å². The number of halogens is 1. The van der Waals surface area contributed by atoms with Crippen molar-refractivity contribution in [3.8, 4) is 0 Å². The number of nitrogens with two attached hydrogens (primary N) is 1. The van der Waals surface area contributed by atoms with Crippen LogP contribution in [0.1, 0.15) is 51.0 Å². The highest BCUT2D eigenvalue weighted by atomic mass is 19.1. The molecule has 0 aromatic heterocycles. The lowest BCUT2D eigenvalue weighted by Gasteiger charge is -2.44. The van der Waals surface area contributed by atoms with Crippen LogP contribution in [-0.4, -0.2) is 17.3 Å². The second-order valence-electron chi connectivity index (χ2n) is 5.79. The second-order valence-corrected chi connectivity index (χ2v) is 5.79. The molecule has 0 amide bonds. The fourth-order valence-corrected chi connectivity index (χ4v) is 3.36. The summed E-state index contributed by atoms with van der Waals surface area (Å²) >= 11 is 0. The average molecular weight is 265 g/mol. The molecule has 1 atom stereocenters. The minimum Gasteiger partial charge on any atom is -0.393 e. The summed E-state index contributed by atoms with van der Waals surface area (Å²) in [4.78, 5) is 0. The summed E-state index contributed by atoms with van der Waals surface area (Å²) in [5.74, 6) is -0.209. The standard InChI is InChI=1S/C16H24FNO/c1-2-3-15(18)16(10-8-14(19)9-11-16)12-4-6-13(17)7-5-12/h4-7,14-15,19H,2-3,8-11,18H2,1H3/t14-,15?,16-. The molecule has 1 unspecified atom stereocenters. The molecule has 19 heavy (non-hydrogen) atoms. The summed E-state index contributed by atoms with van der Waals surface area (Å²) in [6.07, 6.45) is 5.16. The Balaban J connectivity index is 2.30. The van der Waals surface area contributed by atoms with Crippen LogP contribution < -0.4 is 5.73 Å². The number of aliphatic hydroxyl groups excluding tert-OH is 1. The third-order valence-electron chi connectivity index (χ3n) is 4.58. The molecule has 2 nitrogen and oxygen atoms in total. The SMILES string of the molecule is CCCC(N)[C@]1(c2ccc(F)cc2)CC[C@@H](O)CC1. The van der Waals surface area contributed by atoms with Crippen molar-refractivity contribution >= 4 is 0 Å². The van der Waals surface area contributed by atoms with Crippen LogP contribution in [0.5, 0.6) is 0 Å². The van der Waals surface area contributed by atoms with Crippen LogP contribution in [-0.2, 0) is 5.41 Å². The molecule has 0 saturated heterocycles. The van der Waals surface area contributed by atoms with Gasteiger partial charge in [0.2, 0.25) is 0 Å². The highest BCUT2D eigenvalue weighted by molar-refractivity contribution is 5.29. The van der Waals surface area contributed by atoms with Crippen LogP contribution in [0.25, 0.3) is 0 Å². The van der Waals surface area contributed by atoms with E-state index in [-0.39, 0.29) is 23.4 Å². The largest absolute Gasteiger partial charge is 0.393 e. The van der Waals surface area contributed by atoms with Crippen LogP contribution in [0.15, 0.2) is 24.3 Å². The van der Waals surface area contributed by atoms with Gasteiger partial charge in [-0.1, -0.05) is 25.5 Å². The fourth-order valence-electron chi connectivity index (χ4n) is 3.36. The highest BCUT2D eigenvalue weighted by Crippen LogP contribution is 2.42. The molecule has 106 valence electrons. The summed E-state index contributed by atoms with van der Waals surface area (Å²) in [6, 6.07) is 6.84. The monoisotopic (exact) mass is 265 g/mol. The summed E-state index contributed by atoms with van der Waals surface area (Å²) in [6.45, 7) is 2.13. The van der Waals surface area contributed by atoms with E-state index >= 15 is 0 Å². The third kappa shape index (κ3) is 2.98. The highest BCUT2D eigenvalue weighted by Gasteiger charge is 2.40. The predicted octanol–water partition coefficient (Wildman–Crippen LogP) is 3.13. The lowest BCUT2D eigenvalue weighted by atomic mass is 9.63. The zero-order chi connectivity index (χ0) is 13.9. The van der Waals surface area contributed by atoms with Crippen LogP contribution >= 0.6 is 0 Å². The van der Waals surface area contributed by atoms with Gasteiger partial charge < -0.3 is 10.8 Å². The van der Waals surface area contributed by atoms with E-state index in [4.69, 9.17) is 5.73 Å². The van der Waals surface area contributed by atoms with Crippen molar-refractivity contribution in [2.45, 2.75) is 63.0 Å². The third-order valence-corrected chi connectivity index (χ3v) is 4.58. The van der Waals surface area contributed by atoms with Crippen molar-refractivity contribution < 1.29 is 9.50 Å². The molecule has 0 heterocycles. The van der Waals surface area contributed by atoms with E-state index in [1.165, 1.54) is 12.1 Å². The van der Waals surface area contributed by atoms with Crippen LogP contribution in [0.4, 0.5) is 4.39 Å². The Bertz CT molecular complexity index is 396. The van der Waals surface area contributed by atoms with E-state index in [0.29, 0.717) is 0 Å². The van der Waals surface area contributed by atoms with E-state index in [0.717, 1.165) is 44.1 Å². The normalized spacial score (nSPS) is 29.2.